The van der Waals surface area contributed by atoms with Crippen molar-refractivity contribution in [3.05, 3.63) is 28.2 Å². The number of rotatable bonds is 4. The molecule has 1 N–H and O–H groups in total. The van der Waals surface area contributed by atoms with E-state index in [9.17, 15) is 0 Å². The van der Waals surface area contributed by atoms with E-state index in [1.165, 1.54) is 28.6 Å². The molecule has 0 atom stereocenters. The molecule has 2 nitrogen and oxygen atoms in total. The van der Waals surface area contributed by atoms with Gasteiger partial charge >= 0.3 is 0 Å². The molecule has 106 valence electrons. The molecule has 1 aromatic rings. The first-order valence-electron chi connectivity index (χ1n) is 7.19. The maximum atomic E-state index is 3.61. The summed E-state index contributed by atoms with van der Waals surface area (Å²) in [5.41, 5.74) is 3.05. The third kappa shape index (κ3) is 3.51. The lowest BCUT2D eigenvalue weighted by Gasteiger charge is -2.35. The number of nitrogens with zero attached hydrogens (tertiary/aromatic N) is 1. The largest absolute Gasteiger partial charge is 0.366 e. The predicted molar refractivity (Wildman–Crippen MR) is 86.8 cm³/mol. The van der Waals surface area contributed by atoms with Crippen LogP contribution in [-0.2, 0) is 6.54 Å². The van der Waals surface area contributed by atoms with Gasteiger partial charge in [-0.1, -0.05) is 35.8 Å². The van der Waals surface area contributed by atoms with Gasteiger partial charge in [-0.05, 0) is 44.4 Å². The number of hydrogen-bond donors (Lipinski definition) is 1. The zero-order chi connectivity index (χ0) is 14.0. The molecule has 1 aromatic carbocycles. The molecule has 1 saturated heterocycles. The summed E-state index contributed by atoms with van der Waals surface area (Å²) in [6, 6.07) is 7.17. The number of anilines is 1. The van der Waals surface area contributed by atoms with Crippen LogP contribution >= 0.6 is 15.9 Å². The van der Waals surface area contributed by atoms with Crippen LogP contribution in [0.2, 0.25) is 0 Å². The van der Waals surface area contributed by atoms with Gasteiger partial charge in [-0.3, -0.25) is 0 Å². The summed E-state index contributed by atoms with van der Waals surface area (Å²) in [7, 11) is 0. The molecule has 0 aliphatic carbocycles. The van der Waals surface area contributed by atoms with Gasteiger partial charge in [0.15, 0.2) is 0 Å². The van der Waals surface area contributed by atoms with E-state index in [4.69, 9.17) is 0 Å². The van der Waals surface area contributed by atoms with E-state index in [0.29, 0.717) is 6.04 Å². The van der Waals surface area contributed by atoms with Gasteiger partial charge in [-0.2, -0.15) is 0 Å². The third-order valence-corrected chi connectivity index (χ3v) is 4.43. The molecule has 1 aliphatic rings. The Morgan fingerprint density at radius 2 is 2.11 bits per heavy atom. The van der Waals surface area contributed by atoms with Crippen LogP contribution in [0.15, 0.2) is 22.7 Å². The van der Waals surface area contributed by atoms with Crippen molar-refractivity contribution in [1.29, 1.82) is 0 Å². The highest BCUT2D eigenvalue weighted by molar-refractivity contribution is 9.10. The topological polar surface area (TPSA) is 15.3 Å². The lowest BCUT2D eigenvalue weighted by molar-refractivity contribution is 0.514. The molecular weight excluding hydrogens is 300 g/mol. The van der Waals surface area contributed by atoms with Crippen LogP contribution in [-0.4, -0.2) is 18.1 Å². The Balaban J connectivity index is 2.29. The molecule has 0 amide bonds. The Hall–Kier alpha value is -0.540. The Morgan fingerprint density at radius 3 is 2.68 bits per heavy atom. The molecule has 0 bridgehead atoms. The SMILES string of the molecule is CC(C)NCc1ccc(Br)cc1N1CCCC1(C)C. The summed E-state index contributed by atoms with van der Waals surface area (Å²) in [4.78, 5) is 2.56. The fourth-order valence-corrected chi connectivity index (χ4v) is 3.15. The van der Waals surface area contributed by atoms with Crippen LogP contribution in [0.3, 0.4) is 0 Å². The average molecular weight is 325 g/mol. The molecule has 1 heterocycles. The maximum absolute atomic E-state index is 3.61. The number of benzene rings is 1. The fourth-order valence-electron chi connectivity index (χ4n) is 2.81. The predicted octanol–water partition coefficient (Wildman–Crippen LogP) is 4.33. The van der Waals surface area contributed by atoms with Crippen molar-refractivity contribution in [3.8, 4) is 0 Å². The van der Waals surface area contributed by atoms with Gasteiger partial charge in [0.25, 0.3) is 0 Å². The van der Waals surface area contributed by atoms with Crippen LogP contribution in [0, 0.1) is 0 Å². The summed E-state index contributed by atoms with van der Waals surface area (Å²) < 4.78 is 1.17. The van der Waals surface area contributed by atoms with Crippen LogP contribution < -0.4 is 10.2 Å². The molecule has 19 heavy (non-hydrogen) atoms. The minimum absolute atomic E-state index is 0.271. The second-order valence-electron chi connectivity index (χ2n) is 6.38. The van der Waals surface area contributed by atoms with Crippen LogP contribution in [0.25, 0.3) is 0 Å². The standard InChI is InChI=1S/C16H25BrN2/c1-12(2)18-11-13-6-7-14(17)10-15(13)19-9-5-8-16(19,3)4/h6-7,10,12,18H,5,8-9,11H2,1-4H3. The number of hydrogen-bond acceptors (Lipinski definition) is 2. The number of nitrogens with one attached hydrogen (secondary N) is 1. The minimum atomic E-state index is 0.271. The van der Waals surface area contributed by atoms with Gasteiger partial charge in [-0.25, -0.2) is 0 Å². The molecule has 1 fully saturated rings. The van der Waals surface area contributed by atoms with Crippen molar-refractivity contribution < 1.29 is 0 Å². The van der Waals surface area contributed by atoms with Crippen molar-refractivity contribution in [2.24, 2.45) is 0 Å². The average Bonchev–Trinajstić information content (AvgIpc) is 2.67. The highest BCUT2D eigenvalue weighted by Crippen LogP contribution is 2.36. The molecule has 1 aliphatic heterocycles. The van der Waals surface area contributed by atoms with Crippen molar-refractivity contribution in [2.45, 2.75) is 58.7 Å². The normalized spacial score (nSPS) is 18.3. The fraction of sp³-hybridized carbons (Fsp3) is 0.625. The van der Waals surface area contributed by atoms with Gasteiger partial charge in [0.05, 0.1) is 0 Å². The van der Waals surface area contributed by atoms with E-state index >= 15 is 0 Å². The summed E-state index contributed by atoms with van der Waals surface area (Å²) in [5.74, 6) is 0. The van der Waals surface area contributed by atoms with E-state index in [-0.39, 0.29) is 5.54 Å². The van der Waals surface area contributed by atoms with E-state index in [1.807, 2.05) is 0 Å². The first kappa shape index (κ1) is 14.9. The molecule has 0 unspecified atom stereocenters. The quantitative estimate of drug-likeness (QED) is 0.886. The van der Waals surface area contributed by atoms with E-state index in [1.54, 1.807) is 0 Å². The lowest BCUT2D eigenvalue weighted by atomic mass is 10.0. The van der Waals surface area contributed by atoms with Crippen molar-refractivity contribution in [2.75, 3.05) is 11.4 Å². The van der Waals surface area contributed by atoms with E-state index in [0.717, 1.165) is 13.1 Å². The first-order chi connectivity index (χ1) is 8.90. The molecule has 0 spiro atoms. The second kappa shape index (κ2) is 5.84. The molecular formula is C16H25BrN2. The van der Waals surface area contributed by atoms with E-state index < -0.39 is 0 Å². The number of halogens is 1. The van der Waals surface area contributed by atoms with Crippen molar-refractivity contribution in [1.82, 2.24) is 5.32 Å². The highest BCUT2D eigenvalue weighted by atomic mass is 79.9. The van der Waals surface area contributed by atoms with Gasteiger partial charge in [-0.15, -0.1) is 0 Å². The Labute approximate surface area is 125 Å². The summed E-state index contributed by atoms with van der Waals surface area (Å²) in [5, 5.41) is 3.53. The second-order valence-corrected chi connectivity index (χ2v) is 7.29. The van der Waals surface area contributed by atoms with Crippen molar-refractivity contribution in [3.63, 3.8) is 0 Å². The molecule has 0 aromatic heterocycles. The molecule has 0 radical (unpaired) electrons. The zero-order valence-corrected chi connectivity index (χ0v) is 14.0. The molecule has 2 rings (SSSR count). The third-order valence-electron chi connectivity index (χ3n) is 3.94. The van der Waals surface area contributed by atoms with Crippen LogP contribution in [0.4, 0.5) is 5.69 Å². The van der Waals surface area contributed by atoms with Gasteiger partial charge in [0, 0.05) is 34.8 Å². The highest BCUT2D eigenvalue weighted by Gasteiger charge is 2.33. The Kier molecular flexibility index (Phi) is 4.57. The zero-order valence-electron chi connectivity index (χ0n) is 12.5. The Morgan fingerprint density at radius 1 is 1.37 bits per heavy atom. The lowest BCUT2D eigenvalue weighted by Crippen LogP contribution is -2.39. The molecule has 3 heteroatoms. The Bertz CT molecular complexity index is 440. The van der Waals surface area contributed by atoms with E-state index in [2.05, 4.69) is 72.0 Å². The monoisotopic (exact) mass is 324 g/mol. The summed E-state index contributed by atoms with van der Waals surface area (Å²) >= 11 is 3.61. The smallest absolute Gasteiger partial charge is 0.0427 e. The van der Waals surface area contributed by atoms with Crippen LogP contribution in [0.1, 0.15) is 46.1 Å². The van der Waals surface area contributed by atoms with Crippen molar-refractivity contribution >= 4 is 21.6 Å². The van der Waals surface area contributed by atoms with Crippen LogP contribution in [0.5, 0.6) is 0 Å². The minimum Gasteiger partial charge on any atom is -0.366 e. The summed E-state index contributed by atoms with van der Waals surface area (Å²) in [6.07, 6.45) is 2.56. The summed E-state index contributed by atoms with van der Waals surface area (Å²) in [6.45, 7) is 11.2. The molecule has 0 saturated carbocycles. The first-order valence-corrected chi connectivity index (χ1v) is 7.99. The van der Waals surface area contributed by atoms with Gasteiger partial charge in [0.2, 0.25) is 0 Å². The van der Waals surface area contributed by atoms with Gasteiger partial charge < -0.3 is 10.2 Å². The maximum Gasteiger partial charge on any atom is 0.0427 e. The van der Waals surface area contributed by atoms with Gasteiger partial charge in [0.1, 0.15) is 0 Å².